The molecule has 18 heavy (non-hydrogen) atoms. The Hall–Kier alpha value is -0.480. The maximum atomic E-state index is 6.25. The van der Waals surface area contributed by atoms with E-state index in [0.29, 0.717) is 10.0 Å². The van der Waals surface area contributed by atoms with Crippen molar-refractivity contribution in [1.82, 2.24) is 5.32 Å². The Bertz CT molecular complexity index is 521. The minimum atomic E-state index is -0.166. The van der Waals surface area contributed by atoms with Gasteiger partial charge < -0.3 is 9.73 Å². The zero-order valence-corrected chi connectivity index (χ0v) is 12.8. The van der Waals surface area contributed by atoms with Gasteiger partial charge in [0, 0.05) is 15.6 Å². The van der Waals surface area contributed by atoms with E-state index < -0.39 is 0 Å². The molecule has 1 atom stereocenters. The normalized spacial score (nSPS) is 12.7. The summed E-state index contributed by atoms with van der Waals surface area (Å²) in [6.45, 7) is 2.80. The first kappa shape index (κ1) is 13.9. The first-order chi connectivity index (χ1) is 8.65. The van der Waals surface area contributed by atoms with Gasteiger partial charge in [-0.15, -0.1) is 0 Å². The second kappa shape index (κ2) is 6.11. The topological polar surface area (TPSA) is 25.2 Å². The molecule has 0 aliphatic carbocycles. The lowest BCUT2D eigenvalue weighted by molar-refractivity contribution is 0.450. The molecule has 1 aromatic heterocycles. The lowest BCUT2D eigenvalue weighted by Gasteiger charge is -2.19. The third-order valence-electron chi connectivity index (χ3n) is 2.60. The molecule has 1 heterocycles. The molecule has 0 radical (unpaired) electrons. The molecule has 0 fully saturated rings. The van der Waals surface area contributed by atoms with E-state index in [0.717, 1.165) is 22.3 Å². The van der Waals surface area contributed by atoms with Crippen LogP contribution in [0.4, 0.5) is 0 Å². The van der Waals surface area contributed by atoms with Crippen molar-refractivity contribution in [3.63, 3.8) is 0 Å². The van der Waals surface area contributed by atoms with Crippen LogP contribution in [0.15, 0.2) is 39.4 Å². The number of hydrogen-bond acceptors (Lipinski definition) is 2. The largest absolute Gasteiger partial charge is 0.466 e. The Balaban J connectivity index is 2.52. The van der Waals surface area contributed by atoms with E-state index >= 15 is 0 Å². The highest BCUT2D eigenvalue weighted by molar-refractivity contribution is 9.10. The predicted octanol–water partition coefficient (Wildman–Crippen LogP) is 5.05. The van der Waals surface area contributed by atoms with Crippen LogP contribution in [-0.4, -0.2) is 6.54 Å². The van der Waals surface area contributed by atoms with Gasteiger partial charge in [0.25, 0.3) is 0 Å². The van der Waals surface area contributed by atoms with Crippen LogP contribution in [0.1, 0.15) is 24.3 Å². The molecule has 96 valence electrons. The molecule has 1 aromatic carbocycles. The molecule has 2 nitrogen and oxygen atoms in total. The minimum Gasteiger partial charge on any atom is -0.466 e. The molecular weight excluding hydrogens is 337 g/mol. The second-order valence-corrected chi connectivity index (χ2v) is 5.43. The zero-order chi connectivity index (χ0) is 13.1. The van der Waals surface area contributed by atoms with Crippen LogP contribution in [0, 0.1) is 0 Å². The minimum absolute atomic E-state index is 0.166. The molecule has 0 aliphatic rings. The fourth-order valence-electron chi connectivity index (χ4n) is 1.83. The SMILES string of the molecule is CCNC(c1occc1Br)c1c(Cl)cccc1Cl. The van der Waals surface area contributed by atoms with Crippen molar-refractivity contribution in [2.75, 3.05) is 6.54 Å². The Morgan fingerprint density at radius 3 is 2.44 bits per heavy atom. The first-order valence-electron chi connectivity index (χ1n) is 5.55. The van der Waals surface area contributed by atoms with E-state index in [9.17, 15) is 0 Å². The van der Waals surface area contributed by atoms with Crippen molar-refractivity contribution in [1.29, 1.82) is 0 Å². The van der Waals surface area contributed by atoms with Crippen molar-refractivity contribution in [2.24, 2.45) is 0 Å². The fraction of sp³-hybridized carbons (Fsp3) is 0.231. The van der Waals surface area contributed by atoms with Gasteiger partial charge in [0.15, 0.2) is 0 Å². The van der Waals surface area contributed by atoms with E-state index in [4.69, 9.17) is 27.6 Å². The lowest BCUT2D eigenvalue weighted by Crippen LogP contribution is -2.22. The summed E-state index contributed by atoms with van der Waals surface area (Å²) in [5, 5.41) is 4.58. The monoisotopic (exact) mass is 347 g/mol. The van der Waals surface area contributed by atoms with Gasteiger partial charge >= 0.3 is 0 Å². The Morgan fingerprint density at radius 2 is 1.94 bits per heavy atom. The maximum absolute atomic E-state index is 6.25. The number of benzene rings is 1. The molecule has 5 heteroatoms. The number of halogens is 3. The summed E-state index contributed by atoms with van der Waals surface area (Å²) in [6.07, 6.45) is 1.63. The molecule has 0 bridgehead atoms. The van der Waals surface area contributed by atoms with Crippen molar-refractivity contribution >= 4 is 39.1 Å². The average Bonchev–Trinajstić information content (AvgIpc) is 2.74. The van der Waals surface area contributed by atoms with Crippen LogP contribution in [0.2, 0.25) is 10.0 Å². The number of rotatable bonds is 4. The number of hydrogen-bond donors (Lipinski definition) is 1. The number of furan rings is 1. The van der Waals surface area contributed by atoms with Crippen LogP contribution in [0.3, 0.4) is 0 Å². The van der Waals surface area contributed by atoms with E-state index in [-0.39, 0.29) is 6.04 Å². The smallest absolute Gasteiger partial charge is 0.139 e. The lowest BCUT2D eigenvalue weighted by atomic mass is 10.0. The van der Waals surface area contributed by atoms with E-state index in [2.05, 4.69) is 21.2 Å². The van der Waals surface area contributed by atoms with Crippen LogP contribution < -0.4 is 5.32 Å². The molecule has 2 rings (SSSR count). The van der Waals surface area contributed by atoms with Gasteiger partial charge in [-0.3, -0.25) is 0 Å². The van der Waals surface area contributed by atoms with Gasteiger partial charge in [0.1, 0.15) is 5.76 Å². The summed E-state index contributed by atoms with van der Waals surface area (Å²) in [7, 11) is 0. The molecule has 0 amide bonds. The van der Waals surface area contributed by atoms with E-state index in [1.807, 2.05) is 31.2 Å². The quantitative estimate of drug-likeness (QED) is 0.836. The molecule has 0 saturated carbocycles. The molecule has 1 unspecified atom stereocenters. The predicted molar refractivity (Wildman–Crippen MR) is 78.4 cm³/mol. The highest BCUT2D eigenvalue weighted by atomic mass is 79.9. The summed E-state index contributed by atoms with van der Waals surface area (Å²) in [6, 6.07) is 7.16. The first-order valence-corrected chi connectivity index (χ1v) is 7.10. The summed E-state index contributed by atoms with van der Waals surface area (Å²) in [5.41, 5.74) is 0.832. The average molecular weight is 349 g/mol. The van der Waals surface area contributed by atoms with Crippen LogP contribution in [0.25, 0.3) is 0 Å². The van der Waals surface area contributed by atoms with Gasteiger partial charge in [-0.1, -0.05) is 36.2 Å². The summed E-state index contributed by atoms with van der Waals surface area (Å²) < 4.78 is 6.41. The highest BCUT2D eigenvalue weighted by Gasteiger charge is 2.23. The number of nitrogens with one attached hydrogen (secondary N) is 1. The van der Waals surface area contributed by atoms with Gasteiger partial charge in [-0.2, -0.15) is 0 Å². The second-order valence-electron chi connectivity index (χ2n) is 3.76. The maximum Gasteiger partial charge on any atom is 0.139 e. The van der Waals surface area contributed by atoms with Crippen molar-refractivity contribution < 1.29 is 4.42 Å². The third kappa shape index (κ3) is 2.75. The van der Waals surface area contributed by atoms with Gasteiger partial charge in [0.05, 0.1) is 16.8 Å². The van der Waals surface area contributed by atoms with Crippen LogP contribution in [0.5, 0.6) is 0 Å². The Labute approximate surface area is 124 Å². The van der Waals surface area contributed by atoms with Gasteiger partial charge in [0.2, 0.25) is 0 Å². The van der Waals surface area contributed by atoms with Gasteiger partial charge in [-0.05, 0) is 40.7 Å². The van der Waals surface area contributed by atoms with Crippen molar-refractivity contribution in [3.05, 3.63) is 56.4 Å². The van der Waals surface area contributed by atoms with E-state index in [1.165, 1.54) is 0 Å². The molecule has 1 N–H and O–H groups in total. The van der Waals surface area contributed by atoms with Crippen LogP contribution in [-0.2, 0) is 0 Å². The van der Waals surface area contributed by atoms with Crippen LogP contribution >= 0.6 is 39.1 Å². The summed E-state index contributed by atoms with van der Waals surface area (Å²) in [5.74, 6) is 0.770. The van der Waals surface area contributed by atoms with Crippen molar-refractivity contribution in [2.45, 2.75) is 13.0 Å². The molecule has 0 aliphatic heterocycles. The summed E-state index contributed by atoms with van der Waals surface area (Å²) >= 11 is 16.0. The third-order valence-corrected chi connectivity index (χ3v) is 3.92. The zero-order valence-electron chi connectivity index (χ0n) is 9.71. The molecule has 0 saturated heterocycles. The Morgan fingerprint density at radius 1 is 1.28 bits per heavy atom. The Kier molecular flexibility index (Phi) is 4.73. The molecular formula is C13H12BrCl2NO. The van der Waals surface area contributed by atoms with E-state index in [1.54, 1.807) is 6.26 Å². The fourth-order valence-corrected chi connectivity index (χ4v) is 2.87. The highest BCUT2D eigenvalue weighted by Crippen LogP contribution is 2.37. The van der Waals surface area contributed by atoms with Crippen molar-refractivity contribution in [3.8, 4) is 0 Å². The molecule has 2 aromatic rings. The standard InChI is InChI=1S/C13H12BrCl2NO/c1-2-17-12(13-8(14)6-7-18-13)11-9(15)4-3-5-10(11)16/h3-7,12,17H,2H2,1H3. The molecule has 0 spiro atoms. The van der Waals surface area contributed by atoms with Gasteiger partial charge in [-0.25, -0.2) is 0 Å². The summed E-state index contributed by atoms with van der Waals surface area (Å²) in [4.78, 5) is 0.